The van der Waals surface area contributed by atoms with Crippen LogP contribution in [0.15, 0.2) is 24.3 Å². The number of nitrogens with zero attached hydrogens (tertiary/aromatic N) is 1. The third kappa shape index (κ3) is 2.09. The SMILES string of the molecule is COc1cc(OC)cc(-c2cc(N)sn2)c1. The Morgan fingerprint density at radius 3 is 2.12 bits per heavy atom. The molecule has 0 amide bonds. The first-order valence-corrected chi connectivity index (χ1v) is 5.46. The molecule has 1 aromatic heterocycles. The fourth-order valence-electron chi connectivity index (χ4n) is 1.38. The summed E-state index contributed by atoms with van der Waals surface area (Å²) >= 11 is 1.27. The van der Waals surface area contributed by atoms with E-state index in [1.54, 1.807) is 14.2 Å². The van der Waals surface area contributed by atoms with Gasteiger partial charge in [-0.25, -0.2) is 0 Å². The lowest BCUT2D eigenvalue weighted by atomic mass is 10.1. The Balaban J connectivity index is 2.47. The van der Waals surface area contributed by atoms with E-state index in [0.717, 1.165) is 22.8 Å². The molecule has 0 unspecified atom stereocenters. The molecule has 4 nitrogen and oxygen atoms in total. The molecular weight excluding hydrogens is 224 g/mol. The van der Waals surface area contributed by atoms with E-state index >= 15 is 0 Å². The average molecular weight is 236 g/mol. The summed E-state index contributed by atoms with van der Waals surface area (Å²) in [5, 5.41) is 0.691. The van der Waals surface area contributed by atoms with E-state index in [0.29, 0.717) is 5.00 Å². The summed E-state index contributed by atoms with van der Waals surface area (Å²) in [4.78, 5) is 0. The van der Waals surface area contributed by atoms with Gasteiger partial charge in [-0.2, -0.15) is 4.37 Å². The normalized spacial score (nSPS) is 10.1. The van der Waals surface area contributed by atoms with Gasteiger partial charge in [-0.1, -0.05) is 0 Å². The van der Waals surface area contributed by atoms with Crippen LogP contribution in [0.4, 0.5) is 5.00 Å². The van der Waals surface area contributed by atoms with E-state index in [1.165, 1.54) is 11.5 Å². The van der Waals surface area contributed by atoms with Crippen LogP contribution in [0.2, 0.25) is 0 Å². The zero-order valence-corrected chi connectivity index (χ0v) is 9.88. The zero-order chi connectivity index (χ0) is 11.5. The van der Waals surface area contributed by atoms with Crippen LogP contribution in [0.5, 0.6) is 11.5 Å². The number of anilines is 1. The molecule has 0 spiro atoms. The largest absolute Gasteiger partial charge is 0.497 e. The topological polar surface area (TPSA) is 57.4 Å². The molecule has 2 rings (SSSR count). The van der Waals surface area contributed by atoms with E-state index in [1.807, 2.05) is 24.3 Å². The predicted octanol–water partition coefficient (Wildman–Crippen LogP) is 2.41. The summed E-state index contributed by atoms with van der Waals surface area (Å²) < 4.78 is 14.6. The highest BCUT2D eigenvalue weighted by molar-refractivity contribution is 7.10. The van der Waals surface area contributed by atoms with Crippen LogP contribution >= 0.6 is 11.5 Å². The lowest BCUT2D eigenvalue weighted by Crippen LogP contribution is -1.88. The van der Waals surface area contributed by atoms with Crippen molar-refractivity contribution >= 4 is 16.5 Å². The molecule has 16 heavy (non-hydrogen) atoms. The smallest absolute Gasteiger partial charge is 0.123 e. The molecule has 5 heteroatoms. The lowest BCUT2D eigenvalue weighted by molar-refractivity contribution is 0.394. The minimum absolute atomic E-state index is 0.691. The van der Waals surface area contributed by atoms with Crippen LogP contribution in [0.3, 0.4) is 0 Å². The highest BCUT2D eigenvalue weighted by atomic mass is 32.1. The molecule has 0 saturated heterocycles. The van der Waals surface area contributed by atoms with Gasteiger partial charge in [0, 0.05) is 17.7 Å². The molecule has 84 valence electrons. The Morgan fingerprint density at radius 1 is 1.06 bits per heavy atom. The highest BCUT2D eigenvalue weighted by Crippen LogP contribution is 2.30. The molecule has 1 heterocycles. The maximum absolute atomic E-state index is 5.65. The van der Waals surface area contributed by atoms with E-state index in [4.69, 9.17) is 15.2 Å². The van der Waals surface area contributed by atoms with Gasteiger partial charge in [0.15, 0.2) is 0 Å². The van der Waals surface area contributed by atoms with Crippen molar-refractivity contribution < 1.29 is 9.47 Å². The number of hydrogen-bond acceptors (Lipinski definition) is 5. The number of methoxy groups -OCH3 is 2. The fourth-order valence-corrected chi connectivity index (χ4v) is 1.91. The molecule has 0 aliphatic rings. The van der Waals surface area contributed by atoms with Gasteiger partial charge in [-0.05, 0) is 23.7 Å². The van der Waals surface area contributed by atoms with E-state index < -0.39 is 0 Å². The summed E-state index contributed by atoms with van der Waals surface area (Å²) in [6.07, 6.45) is 0. The maximum atomic E-state index is 5.65. The molecular formula is C11H12N2O2S. The standard InChI is InChI=1S/C11H12N2O2S/c1-14-8-3-7(4-9(5-8)15-2)10-6-11(12)16-13-10/h3-6H,12H2,1-2H3. The third-order valence-electron chi connectivity index (χ3n) is 2.18. The van der Waals surface area contributed by atoms with Crippen LogP contribution in [0, 0.1) is 0 Å². The second kappa shape index (κ2) is 4.40. The number of nitrogens with two attached hydrogens (primary N) is 1. The molecule has 0 aliphatic heterocycles. The van der Waals surface area contributed by atoms with Crippen LogP contribution in [0.1, 0.15) is 0 Å². The van der Waals surface area contributed by atoms with Crippen molar-refractivity contribution in [2.75, 3.05) is 20.0 Å². The van der Waals surface area contributed by atoms with Crippen LogP contribution in [-0.2, 0) is 0 Å². The van der Waals surface area contributed by atoms with Gasteiger partial charge in [-0.15, -0.1) is 0 Å². The quantitative estimate of drug-likeness (QED) is 0.889. The molecule has 2 N–H and O–H groups in total. The van der Waals surface area contributed by atoms with Crippen LogP contribution in [-0.4, -0.2) is 18.6 Å². The summed E-state index contributed by atoms with van der Waals surface area (Å²) in [5.41, 5.74) is 7.42. The zero-order valence-electron chi connectivity index (χ0n) is 9.06. The van der Waals surface area contributed by atoms with E-state index in [9.17, 15) is 0 Å². The molecule has 0 radical (unpaired) electrons. The molecule has 0 bridgehead atoms. The number of benzene rings is 1. The minimum Gasteiger partial charge on any atom is -0.497 e. The van der Waals surface area contributed by atoms with Crippen LogP contribution < -0.4 is 15.2 Å². The monoisotopic (exact) mass is 236 g/mol. The van der Waals surface area contributed by atoms with Gasteiger partial charge in [0.25, 0.3) is 0 Å². The summed E-state index contributed by atoms with van der Waals surface area (Å²) in [6, 6.07) is 7.45. The molecule has 2 aromatic rings. The predicted molar refractivity (Wildman–Crippen MR) is 65.1 cm³/mol. The second-order valence-electron chi connectivity index (χ2n) is 3.22. The van der Waals surface area contributed by atoms with Gasteiger partial charge < -0.3 is 15.2 Å². The van der Waals surface area contributed by atoms with Crippen molar-refractivity contribution in [2.45, 2.75) is 0 Å². The van der Waals surface area contributed by atoms with Crippen molar-refractivity contribution in [3.05, 3.63) is 24.3 Å². The van der Waals surface area contributed by atoms with Gasteiger partial charge in [0.05, 0.1) is 19.9 Å². The van der Waals surface area contributed by atoms with Crippen molar-refractivity contribution in [1.82, 2.24) is 4.37 Å². The first kappa shape index (κ1) is 10.8. The van der Waals surface area contributed by atoms with E-state index in [-0.39, 0.29) is 0 Å². The Hall–Kier alpha value is -1.75. The maximum Gasteiger partial charge on any atom is 0.123 e. The Kier molecular flexibility index (Phi) is 2.96. The number of hydrogen-bond donors (Lipinski definition) is 1. The Morgan fingerprint density at radius 2 is 1.69 bits per heavy atom. The fraction of sp³-hybridized carbons (Fsp3) is 0.182. The lowest BCUT2D eigenvalue weighted by Gasteiger charge is -2.06. The van der Waals surface area contributed by atoms with E-state index in [2.05, 4.69) is 4.37 Å². The van der Waals surface area contributed by atoms with Crippen molar-refractivity contribution in [3.63, 3.8) is 0 Å². The molecule has 1 aromatic carbocycles. The highest BCUT2D eigenvalue weighted by Gasteiger charge is 2.07. The molecule has 0 saturated carbocycles. The molecule has 0 aliphatic carbocycles. The number of aromatic nitrogens is 1. The van der Waals surface area contributed by atoms with Gasteiger partial charge in [0.1, 0.15) is 16.5 Å². The average Bonchev–Trinajstić information content (AvgIpc) is 2.75. The summed E-state index contributed by atoms with van der Waals surface area (Å²) in [5.74, 6) is 1.47. The first-order valence-electron chi connectivity index (χ1n) is 4.68. The van der Waals surface area contributed by atoms with Gasteiger partial charge >= 0.3 is 0 Å². The molecule has 0 fully saturated rings. The number of nitrogen functional groups attached to an aromatic ring is 1. The van der Waals surface area contributed by atoms with Crippen LogP contribution in [0.25, 0.3) is 11.3 Å². The Labute approximate surface area is 97.8 Å². The first-order chi connectivity index (χ1) is 7.72. The summed E-state index contributed by atoms with van der Waals surface area (Å²) in [6.45, 7) is 0. The Bertz CT molecular complexity index is 474. The number of ether oxygens (including phenoxy) is 2. The van der Waals surface area contributed by atoms with Gasteiger partial charge in [0.2, 0.25) is 0 Å². The second-order valence-corrected chi connectivity index (χ2v) is 4.05. The van der Waals surface area contributed by atoms with Crippen molar-refractivity contribution in [1.29, 1.82) is 0 Å². The van der Waals surface area contributed by atoms with Gasteiger partial charge in [-0.3, -0.25) is 0 Å². The molecule has 0 atom stereocenters. The summed E-state index contributed by atoms with van der Waals surface area (Å²) in [7, 11) is 3.24. The minimum atomic E-state index is 0.691. The third-order valence-corrected chi connectivity index (χ3v) is 2.79. The van der Waals surface area contributed by atoms with Crippen molar-refractivity contribution in [3.8, 4) is 22.8 Å². The number of rotatable bonds is 3. The van der Waals surface area contributed by atoms with Crippen molar-refractivity contribution in [2.24, 2.45) is 0 Å².